The Morgan fingerprint density at radius 1 is 0.844 bits per heavy atom. The van der Waals surface area contributed by atoms with E-state index in [1.807, 2.05) is 61.0 Å². The van der Waals surface area contributed by atoms with Crippen molar-refractivity contribution in [3.8, 4) is 28.2 Å². The second-order valence-electron chi connectivity index (χ2n) is 9.10. The van der Waals surface area contributed by atoms with Crippen molar-refractivity contribution in [3.05, 3.63) is 89.2 Å². The van der Waals surface area contributed by atoms with Gasteiger partial charge in [0.2, 0.25) is 0 Å². The third kappa shape index (κ3) is 3.88. The van der Waals surface area contributed by atoms with Crippen LogP contribution in [0.3, 0.4) is 0 Å². The normalized spacial score (nSPS) is 13.3. The number of hydrogen-bond acceptors (Lipinski definition) is 1. The number of nitrogens with zero attached hydrogens (tertiary/aromatic N) is 3. The first-order chi connectivity index (χ1) is 16.5. The monoisotopic (exact) mass is 427 g/mol. The van der Waals surface area contributed by atoms with Crippen LogP contribution in [0.2, 0.25) is 0 Å². The largest absolute Gasteiger partial charge is 0.279 e. The molecule has 32 heavy (non-hydrogen) atoms. The topological polar surface area (TPSA) is 21.7 Å². The molecule has 1 aromatic heterocycles. The summed E-state index contributed by atoms with van der Waals surface area (Å²) in [5, 5.41) is 4.57. The lowest BCUT2D eigenvalue weighted by Crippen LogP contribution is -2.38. The molecule has 0 N–H and O–H groups in total. The molecule has 0 saturated heterocycles. The van der Waals surface area contributed by atoms with Gasteiger partial charge < -0.3 is 0 Å². The van der Waals surface area contributed by atoms with E-state index >= 15 is 0 Å². The zero-order valence-corrected chi connectivity index (χ0v) is 19.8. The molecule has 0 fully saturated rings. The Labute approximate surface area is 196 Å². The molecule has 0 bridgehead atoms. The van der Waals surface area contributed by atoms with Crippen molar-refractivity contribution in [2.24, 2.45) is 7.05 Å². The Bertz CT molecular complexity index is 1320. The first-order valence-electron chi connectivity index (χ1n) is 12.8. The molecule has 164 valence electrons. The lowest BCUT2D eigenvalue weighted by atomic mass is 9.88. The molecule has 0 aliphatic heterocycles. The Kier molecular flexibility index (Phi) is 5.02. The number of hydrogen-bond donors (Lipinski definition) is 0. The van der Waals surface area contributed by atoms with Crippen LogP contribution >= 0.6 is 0 Å². The molecule has 4 rings (SSSR count). The van der Waals surface area contributed by atoms with Gasteiger partial charge in [0.1, 0.15) is 5.69 Å². The maximum absolute atomic E-state index is 8.36. The molecule has 3 nitrogen and oxygen atoms in total. The second-order valence-corrected chi connectivity index (χ2v) is 9.10. The Balaban J connectivity index is 2.17. The molecule has 0 aliphatic rings. The molecule has 0 unspecified atom stereocenters. The third-order valence-corrected chi connectivity index (χ3v) is 6.10. The van der Waals surface area contributed by atoms with Gasteiger partial charge in [-0.25, -0.2) is 0 Å². The minimum absolute atomic E-state index is 0.0783. The van der Waals surface area contributed by atoms with Crippen LogP contribution in [0.15, 0.2) is 66.7 Å². The van der Waals surface area contributed by atoms with Gasteiger partial charge >= 0.3 is 0 Å². The first-order valence-corrected chi connectivity index (χ1v) is 11.3. The van der Waals surface area contributed by atoms with Gasteiger partial charge in [-0.15, -0.1) is 4.68 Å². The van der Waals surface area contributed by atoms with E-state index in [1.54, 1.807) is 4.68 Å². The van der Waals surface area contributed by atoms with Crippen LogP contribution < -0.4 is 4.57 Å². The second kappa shape index (κ2) is 8.74. The van der Waals surface area contributed by atoms with E-state index in [2.05, 4.69) is 57.1 Å². The lowest BCUT2D eigenvalue weighted by molar-refractivity contribution is -0.592. The Morgan fingerprint density at radius 3 is 2.00 bits per heavy atom. The highest BCUT2D eigenvalue weighted by atomic mass is 15.4. The standard InChI is InChI=1S/C29H34N3/c1-19(2)26-17-24(23-14-9-8-10-15-23)18-27(20(3)4)28(26)32-22(6)30-31(7)29(32)25-16-12-11-13-21(25)5/h8-20H,1-7H3/q+1/i6D3. The molecule has 0 amide bonds. The van der Waals surface area contributed by atoms with Gasteiger partial charge in [-0.2, -0.15) is 4.57 Å². The molecule has 0 atom stereocenters. The average Bonchev–Trinajstić information content (AvgIpc) is 3.16. The van der Waals surface area contributed by atoms with Crippen LogP contribution in [0, 0.1) is 13.8 Å². The molecule has 1 heterocycles. The fourth-order valence-corrected chi connectivity index (χ4v) is 4.43. The summed E-state index contributed by atoms with van der Waals surface area (Å²) in [7, 11) is 1.83. The summed E-state index contributed by atoms with van der Waals surface area (Å²) in [6.45, 7) is 8.33. The highest BCUT2D eigenvalue weighted by Crippen LogP contribution is 2.35. The number of aryl methyl sites for hydroxylation is 3. The van der Waals surface area contributed by atoms with E-state index in [0.29, 0.717) is 0 Å². The summed E-state index contributed by atoms with van der Waals surface area (Å²) in [4.78, 5) is 0. The van der Waals surface area contributed by atoms with Gasteiger partial charge in [0.25, 0.3) is 11.6 Å². The predicted octanol–water partition coefficient (Wildman–Crippen LogP) is 6.89. The molecule has 3 heteroatoms. The van der Waals surface area contributed by atoms with E-state index in [0.717, 1.165) is 44.9 Å². The average molecular weight is 428 g/mol. The van der Waals surface area contributed by atoms with Crippen molar-refractivity contribution in [1.29, 1.82) is 0 Å². The van der Waals surface area contributed by atoms with Crippen molar-refractivity contribution in [1.82, 2.24) is 9.78 Å². The first kappa shape index (κ1) is 18.4. The Hall–Kier alpha value is -3.20. The van der Waals surface area contributed by atoms with Gasteiger partial charge in [0.05, 0.1) is 12.6 Å². The molecular formula is C29H34N3+. The van der Waals surface area contributed by atoms with Gasteiger partial charge in [-0.1, -0.05) is 76.2 Å². The van der Waals surface area contributed by atoms with Crippen molar-refractivity contribution in [2.75, 3.05) is 0 Å². The van der Waals surface area contributed by atoms with Crippen LogP contribution in [-0.4, -0.2) is 9.78 Å². The van der Waals surface area contributed by atoms with Crippen LogP contribution in [0.25, 0.3) is 28.2 Å². The van der Waals surface area contributed by atoms with Gasteiger partial charge in [-0.05, 0) is 64.8 Å². The van der Waals surface area contributed by atoms with Gasteiger partial charge in [0.15, 0.2) is 0 Å². The molecule has 0 spiro atoms. The van der Waals surface area contributed by atoms with Crippen LogP contribution in [0.5, 0.6) is 0 Å². The number of benzene rings is 3. The highest BCUT2D eigenvalue weighted by Gasteiger charge is 2.30. The fraction of sp³-hybridized carbons (Fsp3) is 0.310. The maximum atomic E-state index is 8.36. The van der Waals surface area contributed by atoms with E-state index in [9.17, 15) is 0 Å². The van der Waals surface area contributed by atoms with Gasteiger partial charge in [-0.3, -0.25) is 0 Å². The number of aromatic nitrogens is 3. The summed E-state index contributed by atoms with van der Waals surface area (Å²) in [6, 6.07) is 22.9. The molecule has 4 aromatic rings. The van der Waals surface area contributed by atoms with E-state index < -0.39 is 6.85 Å². The zero-order valence-electron chi connectivity index (χ0n) is 22.8. The van der Waals surface area contributed by atoms with E-state index in [-0.39, 0.29) is 17.7 Å². The summed E-state index contributed by atoms with van der Waals surface area (Å²) >= 11 is 0. The van der Waals surface area contributed by atoms with Crippen molar-refractivity contribution < 1.29 is 8.68 Å². The SMILES string of the molecule is [2H]C([2H])([2H])c1nn(C)c(-c2ccccc2C)[n+]1-c1c(C(C)C)cc(-c2ccccc2)cc1C(C)C. The van der Waals surface area contributed by atoms with Crippen LogP contribution in [-0.2, 0) is 7.05 Å². The van der Waals surface area contributed by atoms with Crippen LogP contribution in [0.4, 0.5) is 0 Å². The quantitative estimate of drug-likeness (QED) is 0.318. The summed E-state index contributed by atoms with van der Waals surface area (Å²) in [6.07, 6.45) is 0. The van der Waals surface area contributed by atoms with Crippen LogP contribution in [0.1, 0.15) is 66.2 Å². The molecular weight excluding hydrogens is 390 g/mol. The molecule has 0 saturated carbocycles. The van der Waals surface area contributed by atoms with Gasteiger partial charge in [0, 0.05) is 16.1 Å². The predicted molar refractivity (Wildman–Crippen MR) is 133 cm³/mol. The molecule has 0 radical (unpaired) electrons. The fourth-order valence-electron chi connectivity index (χ4n) is 4.43. The smallest absolute Gasteiger partial charge is 0.193 e. The van der Waals surface area contributed by atoms with E-state index in [4.69, 9.17) is 4.11 Å². The van der Waals surface area contributed by atoms with Crippen molar-refractivity contribution in [2.45, 2.75) is 53.3 Å². The number of rotatable bonds is 5. The molecule has 0 aliphatic carbocycles. The molecule has 3 aromatic carbocycles. The maximum Gasteiger partial charge on any atom is 0.279 e. The minimum Gasteiger partial charge on any atom is -0.193 e. The van der Waals surface area contributed by atoms with Crippen molar-refractivity contribution in [3.63, 3.8) is 0 Å². The minimum atomic E-state index is -2.38. The lowest BCUT2D eigenvalue weighted by Gasteiger charge is -2.21. The highest BCUT2D eigenvalue weighted by molar-refractivity contribution is 5.69. The third-order valence-electron chi connectivity index (χ3n) is 6.10. The van der Waals surface area contributed by atoms with E-state index in [1.165, 1.54) is 0 Å². The summed E-state index contributed by atoms with van der Waals surface area (Å²) in [5.41, 5.74) is 7.45. The summed E-state index contributed by atoms with van der Waals surface area (Å²) < 4.78 is 28.7. The summed E-state index contributed by atoms with van der Waals surface area (Å²) in [5.74, 6) is 1.20. The van der Waals surface area contributed by atoms with Crippen molar-refractivity contribution >= 4 is 0 Å². The zero-order chi connectivity index (χ0) is 25.5. The Morgan fingerprint density at radius 2 is 1.44 bits per heavy atom.